The van der Waals surface area contributed by atoms with Gasteiger partial charge in [-0.15, -0.1) is 0 Å². The molecule has 0 saturated carbocycles. The zero-order valence-corrected chi connectivity index (χ0v) is 15.7. The van der Waals surface area contributed by atoms with Crippen molar-refractivity contribution in [2.24, 2.45) is 0 Å². The Morgan fingerprint density at radius 1 is 0.870 bits per heavy atom. The molecule has 0 unspecified atom stereocenters. The van der Waals surface area contributed by atoms with Gasteiger partial charge in [0.15, 0.2) is 0 Å². The summed E-state index contributed by atoms with van der Waals surface area (Å²) in [5, 5.41) is 10.4. The summed E-state index contributed by atoms with van der Waals surface area (Å²) in [7, 11) is 0. The maximum atomic E-state index is 10.4. The van der Waals surface area contributed by atoms with Crippen LogP contribution in [0.25, 0.3) is 0 Å². The van der Waals surface area contributed by atoms with Gasteiger partial charge in [0.05, 0.1) is 11.2 Å². The highest BCUT2D eigenvalue weighted by molar-refractivity contribution is 5.41. The van der Waals surface area contributed by atoms with Gasteiger partial charge >= 0.3 is 0 Å². The van der Waals surface area contributed by atoms with E-state index in [9.17, 15) is 5.11 Å². The lowest BCUT2D eigenvalue weighted by molar-refractivity contribution is -0.0210. The van der Waals surface area contributed by atoms with Crippen molar-refractivity contribution in [1.29, 1.82) is 0 Å². The number of benzene rings is 1. The maximum Gasteiger partial charge on any atom is 0.119 e. The molecule has 0 amide bonds. The van der Waals surface area contributed by atoms with Gasteiger partial charge in [-0.3, -0.25) is 0 Å². The van der Waals surface area contributed by atoms with E-state index >= 15 is 0 Å². The van der Waals surface area contributed by atoms with Crippen LogP contribution in [-0.4, -0.2) is 29.5 Å². The van der Waals surface area contributed by atoms with E-state index in [0.29, 0.717) is 12.2 Å². The first-order valence-corrected chi connectivity index (χ1v) is 8.78. The smallest absolute Gasteiger partial charge is 0.119 e. The van der Waals surface area contributed by atoms with Crippen molar-refractivity contribution < 1.29 is 14.6 Å². The largest absolute Gasteiger partial charge is 0.508 e. The summed E-state index contributed by atoms with van der Waals surface area (Å²) in [6.45, 7) is 14.1. The van der Waals surface area contributed by atoms with Crippen molar-refractivity contribution in [2.45, 2.75) is 78.4 Å². The Hall–Kier alpha value is -1.06. The molecule has 0 aliphatic carbocycles. The zero-order valence-electron chi connectivity index (χ0n) is 15.7. The Balaban J connectivity index is 2.95. The average molecular weight is 322 g/mol. The van der Waals surface area contributed by atoms with Crippen LogP contribution in [0, 0.1) is 0 Å². The number of rotatable bonds is 10. The molecule has 3 heteroatoms. The SMILES string of the molecule is CCCOC(C)(C)Cc1cccc(O)c1CC(C)(C)OCCC. The van der Waals surface area contributed by atoms with Gasteiger partial charge in [0.2, 0.25) is 0 Å². The number of hydrogen-bond acceptors (Lipinski definition) is 3. The van der Waals surface area contributed by atoms with E-state index in [1.807, 2.05) is 6.07 Å². The predicted molar refractivity (Wildman–Crippen MR) is 96.2 cm³/mol. The van der Waals surface area contributed by atoms with Crippen LogP contribution >= 0.6 is 0 Å². The standard InChI is InChI=1S/C20H34O3/c1-7-12-22-19(3,4)14-16-10-9-11-18(21)17(16)15-20(5,6)23-13-8-2/h9-11,21H,7-8,12-15H2,1-6H3. The van der Waals surface area contributed by atoms with Gasteiger partial charge in [-0.25, -0.2) is 0 Å². The summed E-state index contributed by atoms with van der Waals surface area (Å²) in [4.78, 5) is 0. The van der Waals surface area contributed by atoms with Gasteiger partial charge < -0.3 is 14.6 Å². The number of phenols is 1. The zero-order chi connectivity index (χ0) is 17.5. The van der Waals surface area contributed by atoms with Crippen molar-refractivity contribution in [2.75, 3.05) is 13.2 Å². The van der Waals surface area contributed by atoms with Crippen LogP contribution in [0.4, 0.5) is 0 Å². The second kappa shape index (κ2) is 8.70. The van der Waals surface area contributed by atoms with E-state index in [1.165, 1.54) is 0 Å². The number of phenolic OH excluding ortho intramolecular Hbond substituents is 1. The van der Waals surface area contributed by atoms with Gasteiger partial charge in [0.25, 0.3) is 0 Å². The van der Waals surface area contributed by atoms with Crippen LogP contribution in [0.5, 0.6) is 5.75 Å². The summed E-state index contributed by atoms with van der Waals surface area (Å²) in [5.74, 6) is 0.349. The molecule has 0 saturated heterocycles. The fourth-order valence-electron chi connectivity index (χ4n) is 2.73. The Morgan fingerprint density at radius 3 is 1.91 bits per heavy atom. The molecule has 0 atom stereocenters. The molecule has 23 heavy (non-hydrogen) atoms. The predicted octanol–water partition coefficient (Wildman–Crippen LogP) is 4.89. The summed E-state index contributed by atoms with van der Waals surface area (Å²) >= 11 is 0. The molecule has 0 heterocycles. The fourth-order valence-corrected chi connectivity index (χ4v) is 2.73. The van der Waals surface area contributed by atoms with E-state index in [-0.39, 0.29) is 11.2 Å². The number of hydrogen-bond donors (Lipinski definition) is 1. The molecule has 0 fully saturated rings. The lowest BCUT2D eigenvalue weighted by atomic mass is 9.88. The lowest BCUT2D eigenvalue weighted by Gasteiger charge is -2.30. The lowest BCUT2D eigenvalue weighted by Crippen LogP contribution is -2.31. The van der Waals surface area contributed by atoms with E-state index in [4.69, 9.17) is 9.47 Å². The third-order valence-electron chi connectivity index (χ3n) is 3.86. The minimum atomic E-state index is -0.294. The fraction of sp³-hybridized carbons (Fsp3) is 0.700. The van der Waals surface area contributed by atoms with Crippen LogP contribution in [0.2, 0.25) is 0 Å². The molecule has 0 aliphatic rings. The second-order valence-electron chi connectivity index (χ2n) is 7.48. The molecule has 1 aromatic carbocycles. The number of aromatic hydroxyl groups is 1. The van der Waals surface area contributed by atoms with Gasteiger partial charge in [-0.2, -0.15) is 0 Å². The Bertz CT molecular complexity index is 478. The third kappa shape index (κ3) is 6.92. The van der Waals surface area contributed by atoms with Crippen LogP contribution < -0.4 is 0 Å². The van der Waals surface area contributed by atoms with Crippen molar-refractivity contribution in [1.82, 2.24) is 0 Å². The van der Waals surface area contributed by atoms with Gasteiger partial charge in [0, 0.05) is 26.1 Å². The van der Waals surface area contributed by atoms with E-state index in [0.717, 1.165) is 43.6 Å². The summed E-state index contributed by atoms with van der Waals surface area (Å²) in [6.07, 6.45) is 3.47. The van der Waals surface area contributed by atoms with Crippen molar-refractivity contribution in [3.63, 3.8) is 0 Å². The maximum absolute atomic E-state index is 10.4. The molecule has 1 aromatic rings. The third-order valence-corrected chi connectivity index (χ3v) is 3.86. The topological polar surface area (TPSA) is 38.7 Å². The highest BCUT2D eigenvalue weighted by Crippen LogP contribution is 2.30. The Morgan fingerprint density at radius 2 is 1.39 bits per heavy atom. The van der Waals surface area contributed by atoms with Gasteiger partial charge in [0.1, 0.15) is 5.75 Å². The van der Waals surface area contributed by atoms with E-state index in [1.54, 1.807) is 6.07 Å². The summed E-state index contributed by atoms with van der Waals surface area (Å²) in [5.41, 5.74) is 1.58. The molecule has 1 N–H and O–H groups in total. The van der Waals surface area contributed by atoms with Crippen molar-refractivity contribution in [3.05, 3.63) is 29.3 Å². The van der Waals surface area contributed by atoms with Gasteiger partial charge in [-0.05, 0) is 57.7 Å². The highest BCUT2D eigenvalue weighted by Gasteiger charge is 2.26. The molecule has 0 aromatic heterocycles. The summed E-state index contributed by atoms with van der Waals surface area (Å²) < 4.78 is 11.9. The average Bonchev–Trinajstić information content (AvgIpc) is 2.46. The first-order valence-electron chi connectivity index (χ1n) is 8.78. The highest BCUT2D eigenvalue weighted by atomic mass is 16.5. The van der Waals surface area contributed by atoms with E-state index < -0.39 is 0 Å². The molecule has 0 spiro atoms. The minimum Gasteiger partial charge on any atom is -0.508 e. The molecule has 132 valence electrons. The van der Waals surface area contributed by atoms with E-state index in [2.05, 4.69) is 47.6 Å². The second-order valence-corrected chi connectivity index (χ2v) is 7.48. The first-order chi connectivity index (χ1) is 10.7. The monoisotopic (exact) mass is 322 g/mol. The Kier molecular flexibility index (Phi) is 7.56. The van der Waals surface area contributed by atoms with Crippen molar-refractivity contribution in [3.8, 4) is 5.75 Å². The van der Waals surface area contributed by atoms with Crippen molar-refractivity contribution >= 4 is 0 Å². The normalized spacial score (nSPS) is 12.6. The van der Waals surface area contributed by atoms with Crippen LogP contribution in [0.15, 0.2) is 18.2 Å². The molecule has 3 nitrogen and oxygen atoms in total. The molecule has 0 bridgehead atoms. The minimum absolute atomic E-state index is 0.243. The summed E-state index contributed by atoms with van der Waals surface area (Å²) in [6, 6.07) is 5.75. The quantitative estimate of drug-likeness (QED) is 0.666. The molecule has 1 rings (SSSR count). The van der Waals surface area contributed by atoms with Gasteiger partial charge in [-0.1, -0.05) is 26.0 Å². The van der Waals surface area contributed by atoms with Crippen LogP contribution in [-0.2, 0) is 22.3 Å². The van der Waals surface area contributed by atoms with Crippen LogP contribution in [0.3, 0.4) is 0 Å². The molecule has 0 aliphatic heterocycles. The number of ether oxygens (including phenoxy) is 2. The molecule has 0 radical (unpaired) electrons. The Labute approximate surface area is 142 Å². The molecular weight excluding hydrogens is 288 g/mol. The molecular formula is C20H34O3. The first kappa shape index (κ1) is 20.0. The van der Waals surface area contributed by atoms with Crippen LogP contribution in [0.1, 0.15) is 65.5 Å².